The molecule has 0 fully saturated rings. The van der Waals surface area contributed by atoms with Crippen LogP contribution in [0.5, 0.6) is 5.75 Å². The Bertz CT molecular complexity index is 945. The number of hydrogen-bond acceptors (Lipinski definition) is 6. The number of aromatic nitrogens is 2. The Balaban J connectivity index is 2.39. The Morgan fingerprint density at radius 1 is 1.45 bits per heavy atom. The number of nitrogens with two attached hydrogens (primary N) is 1. The van der Waals surface area contributed by atoms with Gasteiger partial charge in [-0.15, -0.1) is 11.3 Å². The van der Waals surface area contributed by atoms with E-state index in [0.29, 0.717) is 11.4 Å². The number of rotatable bonds is 3. The van der Waals surface area contributed by atoms with E-state index >= 15 is 0 Å². The summed E-state index contributed by atoms with van der Waals surface area (Å²) in [6, 6.07) is 6.62. The van der Waals surface area contributed by atoms with Gasteiger partial charge in [0, 0.05) is 16.8 Å². The summed E-state index contributed by atoms with van der Waals surface area (Å²) < 4.78 is 6.13. The smallest absolute Gasteiger partial charge is 0.357 e. The maximum absolute atomic E-state index is 12.6. The third kappa shape index (κ3) is 2.09. The van der Waals surface area contributed by atoms with Crippen LogP contribution >= 0.6 is 11.3 Å². The van der Waals surface area contributed by atoms with E-state index in [1.807, 2.05) is 0 Å². The van der Waals surface area contributed by atoms with Crippen molar-refractivity contribution in [3.05, 3.63) is 45.7 Å². The van der Waals surface area contributed by atoms with E-state index in [9.17, 15) is 14.7 Å². The van der Waals surface area contributed by atoms with Gasteiger partial charge in [-0.2, -0.15) is 9.78 Å². The van der Waals surface area contributed by atoms with Crippen LogP contribution in [-0.2, 0) is 0 Å². The van der Waals surface area contributed by atoms with Gasteiger partial charge in [0.1, 0.15) is 5.75 Å². The monoisotopic (exact) mass is 317 g/mol. The summed E-state index contributed by atoms with van der Waals surface area (Å²) in [4.78, 5) is 24.0. The third-order valence-electron chi connectivity index (χ3n) is 3.18. The molecule has 3 N–H and O–H groups in total. The fourth-order valence-corrected chi connectivity index (χ4v) is 2.94. The molecule has 0 aliphatic heterocycles. The number of carbonyl (C=O) groups is 1. The van der Waals surface area contributed by atoms with Crippen molar-refractivity contribution in [2.75, 3.05) is 12.8 Å². The number of fused-ring (bicyclic) bond motifs is 1. The molecule has 8 heteroatoms. The number of carboxylic acids is 1. The number of thiophene rings is 1. The fraction of sp³-hybridized carbons (Fsp3) is 0.0714. The van der Waals surface area contributed by atoms with E-state index in [4.69, 9.17) is 10.5 Å². The first-order valence-corrected chi connectivity index (χ1v) is 7.08. The number of ether oxygens (including phenoxy) is 1. The van der Waals surface area contributed by atoms with Gasteiger partial charge < -0.3 is 15.6 Å². The molecule has 0 spiro atoms. The predicted octanol–water partition coefficient (Wildman–Crippen LogP) is 1.74. The minimum Gasteiger partial charge on any atom is -0.497 e. The van der Waals surface area contributed by atoms with Crippen molar-refractivity contribution in [2.24, 2.45) is 0 Å². The minimum absolute atomic E-state index is 0.167. The molecule has 3 aromatic rings. The highest BCUT2D eigenvalue weighted by Crippen LogP contribution is 2.27. The summed E-state index contributed by atoms with van der Waals surface area (Å²) in [5.41, 5.74) is 5.53. The van der Waals surface area contributed by atoms with Gasteiger partial charge >= 0.3 is 5.97 Å². The second-order valence-corrected chi connectivity index (χ2v) is 5.37. The second kappa shape index (κ2) is 5.15. The molecule has 0 saturated carbocycles. The van der Waals surface area contributed by atoms with E-state index in [1.54, 1.807) is 24.3 Å². The molecular weight excluding hydrogens is 306 g/mol. The van der Waals surface area contributed by atoms with Gasteiger partial charge in [0.2, 0.25) is 0 Å². The van der Waals surface area contributed by atoms with Crippen LogP contribution in [0.2, 0.25) is 0 Å². The maximum Gasteiger partial charge on any atom is 0.357 e. The van der Waals surface area contributed by atoms with E-state index in [2.05, 4.69) is 5.10 Å². The molecule has 0 saturated heterocycles. The Kier molecular flexibility index (Phi) is 3.30. The topological polar surface area (TPSA) is 107 Å². The molecular formula is C14H11N3O4S. The van der Waals surface area contributed by atoms with E-state index in [0.717, 1.165) is 16.0 Å². The Morgan fingerprint density at radius 2 is 2.23 bits per heavy atom. The molecule has 0 atom stereocenters. The van der Waals surface area contributed by atoms with E-state index in [-0.39, 0.29) is 21.5 Å². The lowest BCUT2D eigenvalue weighted by Gasteiger charge is -2.08. The third-order valence-corrected chi connectivity index (χ3v) is 3.99. The molecule has 2 aromatic heterocycles. The largest absolute Gasteiger partial charge is 0.497 e. The van der Waals surface area contributed by atoms with Crippen LogP contribution in [0.3, 0.4) is 0 Å². The number of nitrogen functional groups attached to an aromatic ring is 1. The molecule has 112 valence electrons. The van der Waals surface area contributed by atoms with Gasteiger partial charge in [-0.25, -0.2) is 4.79 Å². The number of nitrogens with zero attached hydrogens (tertiary/aromatic N) is 2. The standard InChI is InChI=1S/C14H11N3O4S/c1-21-8-4-2-3-7(5-8)17-13(18)10-9(6-22-12(10)15)11(16-17)14(19)20/h2-6H,15H2,1H3,(H,19,20). The number of benzene rings is 1. The van der Waals surface area contributed by atoms with Gasteiger partial charge in [-0.05, 0) is 12.1 Å². The highest BCUT2D eigenvalue weighted by molar-refractivity contribution is 7.15. The number of carboxylic acid groups (broad SMARTS) is 1. The summed E-state index contributed by atoms with van der Waals surface area (Å²) >= 11 is 1.11. The quantitative estimate of drug-likeness (QED) is 0.762. The Hall–Kier alpha value is -2.87. The van der Waals surface area contributed by atoms with E-state index < -0.39 is 11.5 Å². The highest BCUT2D eigenvalue weighted by atomic mass is 32.1. The molecule has 1 aromatic carbocycles. The van der Waals surface area contributed by atoms with Crippen LogP contribution in [0, 0.1) is 0 Å². The lowest BCUT2D eigenvalue weighted by atomic mass is 10.2. The summed E-state index contributed by atoms with van der Waals surface area (Å²) in [5.74, 6) is -0.694. The van der Waals surface area contributed by atoms with E-state index in [1.165, 1.54) is 12.5 Å². The molecule has 0 aliphatic carbocycles. The van der Waals surface area contributed by atoms with Gasteiger partial charge in [0.05, 0.1) is 23.2 Å². The molecule has 3 rings (SSSR count). The van der Waals surface area contributed by atoms with Crippen molar-refractivity contribution in [3.63, 3.8) is 0 Å². The normalized spacial score (nSPS) is 10.8. The molecule has 0 bridgehead atoms. The molecule has 0 radical (unpaired) electrons. The number of methoxy groups -OCH3 is 1. The van der Waals surface area contributed by atoms with Gasteiger partial charge in [-0.3, -0.25) is 4.79 Å². The molecule has 0 aliphatic rings. The highest BCUT2D eigenvalue weighted by Gasteiger charge is 2.20. The first-order valence-electron chi connectivity index (χ1n) is 6.20. The average Bonchev–Trinajstić information content (AvgIpc) is 2.90. The Labute approximate surface area is 128 Å². The second-order valence-electron chi connectivity index (χ2n) is 4.46. The zero-order chi connectivity index (χ0) is 15.9. The predicted molar refractivity (Wildman–Crippen MR) is 83.1 cm³/mol. The van der Waals surface area contributed by atoms with Crippen molar-refractivity contribution < 1.29 is 14.6 Å². The molecule has 2 heterocycles. The minimum atomic E-state index is -1.22. The molecule has 22 heavy (non-hydrogen) atoms. The van der Waals surface area contributed by atoms with Crippen LogP contribution < -0.4 is 16.0 Å². The van der Waals surface area contributed by atoms with Crippen molar-refractivity contribution in [1.29, 1.82) is 0 Å². The van der Waals surface area contributed by atoms with Crippen molar-refractivity contribution >= 4 is 33.1 Å². The lowest BCUT2D eigenvalue weighted by Crippen LogP contribution is -2.24. The van der Waals surface area contributed by atoms with Crippen LogP contribution in [0.4, 0.5) is 5.00 Å². The molecule has 0 unspecified atom stereocenters. The molecule has 7 nitrogen and oxygen atoms in total. The number of aromatic carboxylic acids is 1. The van der Waals surface area contributed by atoms with Crippen LogP contribution in [0.15, 0.2) is 34.4 Å². The first-order chi connectivity index (χ1) is 10.5. The first kappa shape index (κ1) is 14.1. The van der Waals surface area contributed by atoms with Crippen molar-refractivity contribution in [3.8, 4) is 11.4 Å². The lowest BCUT2D eigenvalue weighted by molar-refractivity contribution is 0.0691. The SMILES string of the molecule is COc1cccc(-n2nc(C(=O)O)c3csc(N)c3c2=O)c1. The zero-order valence-corrected chi connectivity index (χ0v) is 12.3. The fourth-order valence-electron chi connectivity index (χ4n) is 2.15. The maximum atomic E-state index is 12.6. The van der Waals surface area contributed by atoms with Gasteiger partial charge in [-0.1, -0.05) is 6.07 Å². The van der Waals surface area contributed by atoms with Gasteiger partial charge in [0.15, 0.2) is 5.69 Å². The number of hydrogen-bond donors (Lipinski definition) is 2. The zero-order valence-electron chi connectivity index (χ0n) is 11.4. The number of anilines is 1. The van der Waals surface area contributed by atoms with Crippen LogP contribution in [0.25, 0.3) is 16.5 Å². The van der Waals surface area contributed by atoms with Crippen LogP contribution in [0.1, 0.15) is 10.5 Å². The summed E-state index contributed by atoms with van der Waals surface area (Å²) in [7, 11) is 1.50. The van der Waals surface area contributed by atoms with Crippen LogP contribution in [-0.4, -0.2) is 28.0 Å². The van der Waals surface area contributed by atoms with Crippen molar-refractivity contribution in [2.45, 2.75) is 0 Å². The summed E-state index contributed by atoms with van der Waals surface area (Å²) in [6.45, 7) is 0. The average molecular weight is 317 g/mol. The Morgan fingerprint density at radius 3 is 2.91 bits per heavy atom. The van der Waals surface area contributed by atoms with Gasteiger partial charge in [0.25, 0.3) is 5.56 Å². The van der Waals surface area contributed by atoms with Crippen molar-refractivity contribution in [1.82, 2.24) is 9.78 Å². The summed E-state index contributed by atoms with van der Waals surface area (Å²) in [6.07, 6.45) is 0. The summed E-state index contributed by atoms with van der Waals surface area (Å²) in [5, 5.41) is 15.5. The molecule has 0 amide bonds.